The lowest BCUT2D eigenvalue weighted by atomic mass is 9.99. The van der Waals surface area contributed by atoms with Crippen molar-refractivity contribution in [3.63, 3.8) is 0 Å². The highest BCUT2D eigenvalue weighted by molar-refractivity contribution is 7.89. The molecule has 0 amide bonds. The number of nitrogens with two attached hydrogens (primary N) is 1. The van der Waals surface area contributed by atoms with Gasteiger partial charge in [0.25, 0.3) is 0 Å². The monoisotopic (exact) mass is 392 g/mol. The van der Waals surface area contributed by atoms with Crippen molar-refractivity contribution in [2.45, 2.75) is 31.7 Å². The van der Waals surface area contributed by atoms with E-state index < -0.39 is 20.7 Å². The molecule has 2 aromatic rings. The minimum Gasteiger partial charge on any atom is -0.368 e. The molecule has 0 saturated carbocycles. The molecule has 1 aromatic heterocycles. The molecule has 2 N–H and O–H groups in total. The van der Waals surface area contributed by atoms with Crippen molar-refractivity contribution >= 4 is 21.5 Å². The lowest BCUT2D eigenvalue weighted by molar-refractivity contribution is 0.416. The summed E-state index contributed by atoms with van der Waals surface area (Å²) in [5.41, 5.74) is 1.77. The van der Waals surface area contributed by atoms with Gasteiger partial charge in [-0.15, -0.1) is 0 Å². The quantitative estimate of drug-likeness (QED) is 0.865. The largest absolute Gasteiger partial charge is 0.368 e. The third-order valence-corrected chi connectivity index (χ3v) is 5.89. The fourth-order valence-electron chi connectivity index (χ4n) is 3.44. The molecule has 3 rings (SSSR count). The molecule has 0 spiro atoms. The maximum absolute atomic E-state index is 13.9. The standard InChI is InChI=1S/C19H25FN4O2S/c1-13(2)17-12-23(8-9-24(17)19-7-4-14(3)11-22-19)15-5-6-16(20)18(10-15)27(21,25)26/h4-7,10-11,13,17H,8-9,12H2,1-3H3,(H2,21,25,26)/t17-/m0/s1. The van der Waals surface area contributed by atoms with Gasteiger partial charge in [0.15, 0.2) is 0 Å². The van der Waals surface area contributed by atoms with Crippen LogP contribution in [0.3, 0.4) is 0 Å². The number of nitrogens with zero attached hydrogens (tertiary/aromatic N) is 3. The Morgan fingerprint density at radius 2 is 1.96 bits per heavy atom. The number of hydrogen-bond acceptors (Lipinski definition) is 5. The van der Waals surface area contributed by atoms with Crippen LogP contribution in [0.1, 0.15) is 19.4 Å². The van der Waals surface area contributed by atoms with E-state index in [2.05, 4.69) is 28.6 Å². The Balaban J connectivity index is 1.88. The number of benzene rings is 1. The van der Waals surface area contributed by atoms with Crippen molar-refractivity contribution < 1.29 is 12.8 Å². The van der Waals surface area contributed by atoms with Gasteiger partial charge in [0, 0.05) is 31.5 Å². The molecule has 8 heteroatoms. The SMILES string of the molecule is Cc1ccc(N2CCN(c3ccc(F)c(S(N)(=O)=O)c3)C[C@H]2C(C)C)nc1. The average Bonchev–Trinajstić information content (AvgIpc) is 2.61. The van der Waals surface area contributed by atoms with Gasteiger partial charge in [0.1, 0.15) is 16.5 Å². The van der Waals surface area contributed by atoms with Crippen LogP contribution in [-0.2, 0) is 10.0 Å². The molecule has 0 aliphatic carbocycles. The smallest absolute Gasteiger partial charge is 0.241 e. The Morgan fingerprint density at radius 3 is 2.56 bits per heavy atom. The van der Waals surface area contributed by atoms with Gasteiger partial charge in [-0.05, 0) is 42.7 Å². The molecule has 1 fully saturated rings. The zero-order chi connectivity index (χ0) is 19.8. The molecule has 6 nitrogen and oxygen atoms in total. The molecule has 0 unspecified atom stereocenters. The molecule has 1 aliphatic rings. The number of aryl methyl sites for hydroxylation is 1. The van der Waals surface area contributed by atoms with E-state index in [4.69, 9.17) is 5.14 Å². The number of rotatable bonds is 4. The van der Waals surface area contributed by atoms with Gasteiger partial charge in [-0.2, -0.15) is 0 Å². The predicted molar refractivity (Wildman–Crippen MR) is 105 cm³/mol. The van der Waals surface area contributed by atoms with Crippen LogP contribution < -0.4 is 14.9 Å². The van der Waals surface area contributed by atoms with Crippen LogP contribution in [0.25, 0.3) is 0 Å². The van der Waals surface area contributed by atoms with Crippen LogP contribution in [0.5, 0.6) is 0 Å². The number of hydrogen-bond donors (Lipinski definition) is 1. The lowest BCUT2D eigenvalue weighted by Crippen LogP contribution is -2.56. The maximum Gasteiger partial charge on any atom is 0.241 e. The Hall–Kier alpha value is -2.19. The summed E-state index contributed by atoms with van der Waals surface area (Å²) in [7, 11) is -4.10. The number of aromatic nitrogens is 1. The first-order valence-corrected chi connectivity index (χ1v) is 10.5. The number of primary sulfonamides is 1. The van der Waals surface area contributed by atoms with Gasteiger partial charge < -0.3 is 9.80 Å². The Morgan fingerprint density at radius 1 is 1.22 bits per heavy atom. The highest BCUT2D eigenvalue weighted by Gasteiger charge is 2.31. The first-order chi connectivity index (χ1) is 12.7. The molecule has 1 atom stereocenters. The molecule has 1 saturated heterocycles. The van der Waals surface area contributed by atoms with Crippen molar-refractivity contribution in [3.05, 3.63) is 47.9 Å². The fourth-order valence-corrected chi connectivity index (χ4v) is 4.06. The van der Waals surface area contributed by atoms with E-state index in [0.717, 1.165) is 24.0 Å². The van der Waals surface area contributed by atoms with Gasteiger partial charge in [0.05, 0.1) is 6.04 Å². The summed E-state index contributed by atoms with van der Waals surface area (Å²) >= 11 is 0. The first kappa shape index (κ1) is 19.6. The third-order valence-electron chi connectivity index (χ3n) is 4.96. The summed E-state index contributed by atoms with van der Waals surface area (Å²) in [6.07, 6.45) is 1.86. The normalized spacial score (nSPS) is 18.2. The molecule has 0 bridgehead atoms. The molecule has 27 heavy (non-hydrogen) atoms. The van der Waals surface area contributed by atoms with Crippen molar-refractivity contribution in [3.8, 4) is 0 Å². The summed E-state index contributed by atoms with van der Waals surface area (Å²) in [6.45, 7) is 8.40. The average molecular weight is 393 g/mol. The first-order valence-electron chi connectivity index (χ1n) is 8.93. The minimum absolute atomic E-state index is 0.192. The number of pyridine rings is 1. The third kappa shape index (κ3) is 4.22. The highest BCUT2D eigenvalue weighted by Crippen LogP contribution is 2.28. The summed E-state index contributed by atoms with van der Waals surface area (Å²) in [4.78, 5) is 8.44. The van der Waals surface area contributed by atoms with Crippen LogP contribution in [0.2, 0.25) is 0 Å². The summed E-state index contributed by atoms with van der Waals surface area (Å²) in [5, 5.41) is 5.14. The summed E-state index contributed by atoms with van der Waals surface area (Å²) in [6, 6.07) is 8.34. The van der Waals surface area contributed by atoms with Crippen LogP contribution in [0.4, 0.5) is 15.9 Å². The van der Waals surface area contributed by atoms with Gasteiger partial charge in [-0.1, -0.05) is 19.9 Å². The van der Waals surface area contributed by atoms with E-state index in [1.807, 2.05) is 25.3 Å². The summed E-state index contributed by atoms with van der Waals surface area (Å²) in [5.74, 6) is 0.460. The highest BCUT2D eigenvalue weighted by atomic mass is 32.2. The van der Waals surface area contributed by atoms with Gasteiger partial charge in [0.2, 0.25) is 10.0 Å². The van der Waals surface area contributed by atoms with E-state index in [-0.39, 0.29) is 6.04 Å². The molecular weight excluding hydrogens is 367 g/mol. The van der Waals surface area contributed by atoms with Crippen LogP contribution in [0, 0.1) is 18.7 Å². The molecule has 0 radical (unpaired) electrons. The summed E-state index contributed by atoms with van der Waals surface area (Å²) < 4.78 is 37.1. The van der Waals surface area contributed by atoms with Crippen LogP contribution in [0.15, 0.2) is 41.4 Å². The zero-order valence-corrected chi connectivity index (χ0v) is 16.6. The Kier molecular flexibility index (Phi) is 5.39. The lowest BCUT2D eigenvalue weighted by Gasteiger charge is -2.45. The predicted octanol–water partition coefficient (Wildman–Crippen LogP) is 2.53. The van der Waals surface area contributed by atoms with Crippen molar-refractivity contribution in [1.82, 2.24) is 4.98 Å². The second-order valence-corrected chi connectivity index (χ2v) is 8.83. The van der Waals surface area contributed by atoms with Crippen molar-refractivity contribution in [1.29, 1.82) is 0 Å². The number of anilines is 2. The van der Waals surface area contributed by atoms with Crippen LogP contribution >= 0.6 is 0 Å². The topological polar surface area (TPSA) is 79.5 Å². The second-order valence-electron chi connectivity index (χ2n) is 7.30. The van der Waals surface area contributed by atoms with E-state index >= 15 is 0 Å². The Bertz CT molecular complexity index is 916. The maximum atomic E-state index is 13.9. The van der Waals surface area contributed by atoms with Crippen molar-refractivity contribution in [2.75, 3.05) is 29.4 Å². The van der Waals surface area contributed by atoms with Gasteiger partial charge in [-0.3, -0.25) is 0 Å². The van der Waals surface area contributed by atoms with Gasteiger partial charge >= 0.3 is 0 Å². The van der Waals surface area contributed by atoms with Gasteiger partial charge in [-0.25, -0.2) is 22.9 Å². The molecule has 2 heterocycles. The number of sulfonamides is 1. The molecule has 1 aromatic carbocycles. The van der Waals surface area contributed by atoms with E-state index in [1.165, 1.54) is 6.07 Å². The number of halogens is 1. The van der Waals surface area contributed by atoms with E-state index in [0.29, 0.717) is 24.7 Å². The van der Waals surface area contributed by atoms with Crippen LogP contribution in [-0.4, -0.2) is 39.1 Å². The fraction of sp³-hybridized carbons (Fsp3) is 0.421. The van der Waals surface area contributed by atoms with Crippen molar-refractivity contribution in [2.24, 2.45) is 11.1 Å². The van der Waals surface area contributed by atoms with E-state index in [9.17, 15) is 12.8 Å². The Labute approximate surface area is 159 Å². The molecular formula is C19H25FN4O2S. The second kappa shape index (κ2) is 7.44. The number of piperazine rings is 1. The molecule has 1 aliphatic heterocycles. The molecule has 146 valence electrons. The minimum atomic E-state index is -4.10. The zero-order valence-electron chi connectivity index (χ0n) is 15.8. The van der Waals surface area contributed by atoms with E-state index in [1.54, 1.807) is 6.07 Å².